The molecule has 4 N–H and O–H groups in total. The number of carbonyl (C=O) groups is 4. The molecular formula is C59H44F10O8. The highest BCUT2D eigenvalue weighted by atomic mass is 19.4. The van der Waals surface area contributed by atoms with Gasteiger partial charge in [0.25, 0.3) is 0 Å². The van der Waals surface area contributed by atoms with Crippen LogP contribution in [0.25, 0.3) is 44.5 Å². The Balaban J connectivity index is 0.000000191. The smallest absolute Gasteiger partial charge is 0.416 e. The fraction of sp³-hybridized carbons (Fsp3) is 0.119. The number of alkyl halides is 6. The number of benzene rings is 8. The predicted molar refractivity (Wildman–Crippen MR) is 267 cm³/mol. The number of aryl methyl sites for hydroxylation is 1. The Morgan fingerprint density at radius 2 is 0.610 bits per heavy atom. The molecule has 0 radical (unpaired) electrons. The molecule has 8 nitrogen and oxygen atoms in total. The molecule has 0 amide bonds. The lowest BCUT2D eigenvalue weighted by Crippen LogP contribution is -2.09. The van der Waals surface area contributed by atoms with Crippen molar-refractivity contribution < 1.29 is 83.5 Å². The van der Waals surface area contributed by atoms with Crippen molar-refractivity contribution in [2.75, 3.05) is 0 Å². The van der Waals surface area contributed by atoms with Gasteiger partial charge in [0.2, 0.25) is 0 Å². The highest BCUT2D eigenvalue weighted by Crippen LogP contribution is 2.36. The highest BCUT2D eigenvalue weighted by Gasteiger charge is 2.32. The van der Waals surface area contributed by atoms with E-state index in [4.69, 9.17) is 20.4 Å². The van der Waals surface area contributed by atoms with Crippen LogP contribution in [0.2, 0.25) is 0 Å². The molecule has 18 heteroatoms. The van der Waals surface area contributed by atoms with Gasteiger partial charge in [0.15, 0.2) is 0 Å². The second-order valence-electron chi connectivity index (χ2n) is 16.9. The van der Waals surface area contributed by atoms with Gasteiger partial charge < -0.3 is 20.4 Å². The maximum absolute atomic E-state index is 13.2. The summed E-state index contributed by atoms with van der Waals surface area (Å²) in [5.41, 5.74) is 5.33. The van der Waals surface area contributed by atoms with Gasteiger partial charge in [-0.25, -0.2) is 17.6 Å². The average Bonchev–Trinajstić information content (AvgIpc) is 3.35. The Morgan fingerprint density at radius 3 is 0.948 bits per heavy atom. The van der Waals surface area contributed by atoms with E-state index in [1.165, 1.54) is 66.7 Å². The van der Waals surface area contributed by atoms with E-state index in [1.807, 2.05) is 61.5 Å². The van der Waals surface area contributed by atoms with Crippen LogP contribution in [0.3, 0.4) is 0 Å². The Bertz CT molecular complexity index is 3220. The quantitative estimate of drug-likeness (QED) is 0.0884. The molecule has 0 unspecified atom stereocenters. The maximum atomic E-state index is 13.2. The van der Waals surface area contributed by atoms with E-state index in [-0.39, 0.29) is 41.8 Å². The van der Waals surface area contributed by atoms with Crippen LogP contribution < -0.4 is 0 Å². The molecule has 8 aromatic carbocycles. The van der Waals surface area contributed by atoms with Crippen LogP contribution in [0.1, 0.15) is 38.9 Å². The van der Waals surface area contributed by atoms with E-state index in [9.17, 15) is 63.1 Å². The second kappa shape index (κ2) is 26.4. The predicted octanol–water partition coefficient (Wildman–Crippen LogP) is 14.8. The van der Waals surface area contributed by atoms with Gasteiger partial charge in [-0.3, -0.25) is 19.2 Å². The Hall–Kier alpha value is -9.06. The standard InChI is InChI=1S/C16H10F6O2.C15H13FO2.C14H10F2O2.C14H11FO2/c17-15(18,19)11-3-1-9(2-4-11)13-6-5-12(16(20,21)22)7-10(13)8-14(23)24;1-10-2-4-11(5-3-10)14-7-6-13(16)8-12(14)9-15(17)18;15-11-3-1-9(2-4-11)13-6-5-12(16)7-10(13)8-14(17)18;15-12-6-7-13(10-4-2-1-3-5-10)11(8-12)9-14(16)17/h1-7H,8H2,(H,23,24);2-8H,9H2,1H3,(H,17,18);1-7H,8H2,(H,17,18);1-8H,9H2,(H,16,17). The van der Waals surface area contributed by atoms with E-state index in [0.29, 0.717) is 33.9 Å². The zero-order valence-corrected chi connectivity index (χ0v) is 40.3. The molecule has 0 heterocycles. The Morgan fingerprint density at radius 1 is 0.338 bits per heavy atom. The highest BCUT2D eigenvalue weighted by molar-refractivity contribution is 5.79. The molecule has 77 heavy (non-hydrogen) atoms. The summed E-state index contributed by atoms with van der Waals surface area (Å²) < 4.78 is 128. The van der Waals surface area contributed by atoms with Gasteiger partial charge in [-0.1, -0.05) is 109 Å². The molecule has 0 bridgehead atoms. The zero-order valence-electron chi connectivity index (χ0n) is 40.3. The van der Waals surface area contributed by atoms with Crippen LogP contribution in [0.15, 0.2) is 176 Å². The van der Waals surface area contributed by atoms with Crippen LogP contribution in [0, 0.1) is 30.2 Å². The fourth-order valence-corrected chi connectivity index (χ4v) is 7.64. The molecule has 0 aliphatic carbocycles. The summed E-state index contributed by atoms with van der Waals surface area (Å²) in [4.78, 5) is 43.1. The molecular weight excluding hydrogens is 1030 g/mol. The van der Waals surface area contributed by atoms with E-state index >= 15 is 0 Å². The molecule has 0 aromatic heterocycles. The average molecular weight is 1070 g/mol. The van der Waals surface area contributed by atoms with Gasteiger partial charge >= 0.3 is 36.2 Å². The van der Waals surface area contributed by atoms with E-state index in [0.717, 1.165) is 64.2 Å². The van der Waals surface area contributed by atoms with Crippen LogP contribution in [-0.2, 0) is 57.2 Å². The SMILES string of the molecule is Cc1ccc(-c2ccc(F)cc2CC(=O)O)cc1.O=C(O)Cc1cc(C(F)(F)F)ccc1-c1ccc(C(F)(F)F)cc1.O=C(O)Cc1cc(F)ccc1-c1ccc(F)cc1.O=C(O)Cc1cc(F)ccc1-c1ccccc1. The van der Waals surface area contributed by atoms with Gasteiger partial charge in [-0.2, -0.15) is 26.3 Å². The largest absolute Gasteiger partial charge is 0.481 e. The minimum Gasteiger partial charge on any atom is -0.481 e. The normalized spacial score (nSPS) is 10.9. The molecule has 8 rings (SSSR count). The minimum absolute atomic E-state index is 0.128. The lowest BCUT2D eigenvalue weighted by molar-refractivity contribution is -0.138. The first kappa shape index (κ1) is 58.8. The topological polar surface area (TPSA) is 149 Å². The van der Waals surface area contributed by atoms with Crippen molar-refractivity contribution in [2.24, 2.45) is 0 Å². The number of hydrogen-bond acceptors (Lipinski definition) is 4. The van der Waals surface area contributed by atoms with E-state index in [1.54, 1.807) is 12.1 Å². The Labute approximate surface area is 433 Å². The summed E-state index contributed by atoms with van der Waals surface area (Å²) in [6.45, 7) is 1.98. The number of aliphatic carboxylic acids is 4. The van der Waals surface area contributed by atoms with Crippen LogP contribution in [0.4, 0.5) is 43.9 Å². The maximum Gasteiger partial charge on any atom is 0.416 e. The second-order valence-corrected chi connectivity index (χ2v) is 16.9. The van der Waals surface area contributed by atoms with Gasteiger partial charge in [-0.05, 0) is 146 Å². The van der Waals surface area contributed by atoms with Crippen molar-refractivity contribution in [3.8, 4) is 44.5 Å². The summed E-state index contributed by atoms with van der Waals surface area (Å²) in [5, 5.41) is 35.3. The first-order valence-corrected chi connectivity index (χ1v) is 22.8. The number of carboxylic acids is 4. The molecule has 0 aliphatic rings. The van der Waals surface area contributed by atoms with E-state index < -0.39 is 71.2 Å². The number of hydrogen-bond donors (Lipinski definition) is 4. The van der Waals surface area contributed by atoms with Gasteiger partial charge in [0, 0.05) is 0 Å². The third-order valence-corrected chi connectivity index (χ3v) is 11.1. The van der Waals surface area contributed by atoms with E-state index in [2.05, 4.69) is 0 Å². The van der Waals surface area contributed by atoms with Crippen LogP contribution >= 0.6 is 0 Å². The summed E-state index contributed by atoms with van der Waals surface area (Å²) in [7, 11) is 0. The molecule has 398 valence electrons. The first-order valence-electron chi connectivity index (χ1n) is 22.8. The molecule has 8 aromatic rings. The van der Waals surface area contributed by atoms with Crippen molar-refractivity contribution in [1.29, 1.82) is 0 Å². The lowest BCUT2D eigenvalue weighted by Gasteiger charge is -2.14. The third kappa shape index (κ3) is 18.1. The fourth-order valence-electron chi connectivity index (χ4n) is 7.64. The van der Waals surface area contributed by atoms with Gasteiger partial charge in [-0.15, -0.1) is 0 Å². The Kier molecular flexibility index (Phi) is 20.2. The molecule has 0 spiro atoms. The number of rotatable bonds is 12. The summed E-state index contributed by atoms with van der Waals surface area (Å²) in [5.74, 6) is -6.01. The summed E-state index contributed by atoms with van der Waals surface area (Å²) >= 11 is 0. The van der Waals surface area contributed by atoms with Crippen molar-refractivity contribution >= 4 is 23.9 Å². The lowest BCUT2D eigenvalue weighted by atomic mass is 9.94. The summed E-state index contributed by atoms with van der Waals surface area (Å²) in [6, 6.07) is 41.4. The van der Waals surface area contributed by atoms with Crippen molar-refractivity contribution in [3.05, 3.63) is 238 Å². The molecule has 0 fully saturated rings. The number of halogens is 10. The molecule has 0 saturated heterocycles. The third-order valence-electron chi connectivity index (χ3n) is 11.1. The zero-order chi connectivity index (χ0) is 56.6. The minimum atomic E-state index is -4.65. The first-order chi connectivity index (χ1) is 36.3. The number of carboxylic acid groups (broad SMARTS) is 4. The van der Waals surface area contributed by atoms with Gasteiger partial charge in [0.1, 0.15) is 23.3 Å². The van der Waals surface area contributed by atoms with Crippen LogP contribution in [0.5, 0.6) is 0 Å². The van der Waals surface area contributed by atoms with Crippen molar-refractivity contribution in [2.45, 2.75) is 45.0 Å². The van der Waals surface area contributed by atoms with Crippen molar-refractivity contribution in [3.63, 3.8) is 0 Å². The summed E-state index contributed by atoms with van der Waals surface area (Å²) in [6.07, 6.45) is -10.5. The van der Waals surface area contributed by atoms with Gasteiger partial charge in [0.05, 0.1) is 36.8 Å². The van der Waals surface area contributed by atoms with Crippen LogP contribution in [-0.4, -0.2) is 44.3 Å². The molecule has 0 aliphatic heterocycles. The van der Waals surface area contributed by atoms with Crippen molar-refractivity contribution in [1.82, 2.24) is 0 Å². The molecule has 0 atom stereocenters. The molecule has 0 saturated carbocycles. The monoisotopic (exact) mass is 1070 g/mol.